The Morgan fingerprint density at radius 3 is 2.89 bits per heavy atom. The quantitative estimate of drug-likeness (QED) is 0.788. The Balaban J connectivity index is 2.15. The molecular weight excluding hydrogens is 258 g/mol. The minimum Gasteiger partial charge on any atom is -0.493 e. The summed E-state index contributed by atoms with van der Waals surface area (Å²) in [6, 6.07) is 2.44. The molecule has 0 aromatic heterocycles. The van der Waals surface area contributed by atoms with Crippen LogP contribution in [0.15, 0.2) is 6.07 Å². The third kappa shape index (κ3) is 2.25. The molecule has 1 aromatic carbocycles. The first-order valence-electron chi connectivity index (χ1n) is 7.16. The van der Waals surface area contributed by atoms with Crippen molar-refractivity contribution in [3.8, 4) is 5.75 Å². The van der Waals surface area contributed by atoms with Crippen LogP contribution in [0.1, 0.15) is 49.4 Å². The minimum atomic E-state index is 0.328. The molecule has 0 bridgehead atoms. The summed E-state index contributed by atoms with van der Waals surface area (Å²) in [5.74, 6) is 1.12. The summed E-state index contributed by atoms with van der Waals surface area (Å²) in [5.41, 5.74) is 4.25. The number of fused-ring (bicyclic) bond motifs is 3. The van der Waals surface area contributed by atoms with Gasteiger partial charge in [0.15, 0.2) is 0 Å². The lowest BCUT2D eigenvalue weighted by molar-refractivity contribution is 0.279. The third-order valence-corrected chi connectivity index (χ3v) is 4.89. The highest BCUT2D eigenvalue weighted by Crippen LogP contribution is 2.47. The Hall–Kier alpha value is -0.730. The summed E-state index contributed by atoms with van der Waals surface area (Å²) < 4.78 is 5.88. The van der Waals surface area contributed by atoms with Gasteiger partial charge in [-0.15, -0.1) is 0 Å². The molecule has 1 heterocycles. The fourth-order valence-electron chi connectivity index (χ4n) is 3.48. The average Bonchev–Trinajstić information content (AvgIpc) is 2.75. The molecule has 0 radical (unpaired) electrons. The van der Waals surface area contributed by atoms with E-state index in [2.05, 4.69) is 25.2 Å². The normalized spacial score (nSPS) is 24.3. The van der Waals surface area contributed by atoms with Gasteiger partial charge in [0.05, 0.1) is 6.61 Å². The maximum Gasteiger partial charge on any atom is 0.126 e. The van der Waals surface area contributed by atoms with Crippen LogP contribution in [-0.4, -0.2) is 13.7 Å². The molecule has 1 aliphatic carbocycles. The molecule has 1 aromatic rings. The van der Waals surface area contributed by atoms with Crippen molar-refractivity contribution in [1.29, 1.82) is 0 Å². The third-order valence-electron chi connectivity index (χ3n) is 4.57. The van der Waals surface area contributed by atoms with Crippen molar-refractivity contribution < 1.29 is 4.74 Å². The van der Waals surface area contributed by atoms with Gasteiger partial charge < -0.3 is 10.1 Å². The summed E-state index contributed by atoms with van der Waals surface area (Å²) in [5, 5.41) is 4.36. The number of hydrogen-bond donors (Lipinski definition) is 1. The van der Waals surface area contributed by atoms with E-state index in [1.54, 1.807) is 0 Å². The molecule has 3 heteroatoms. The number of ether oxygens (including phenoxy) is 1. The highest BCUT2D eigenvalue weighted by Gasteiger charge is 2.33. The molecule has 1 atom stereocenters. The molecule has 0 saturated carbocycles. The molecule has 0 spiro atoms. The largest absolute Gasteiger partial charge is 0.493 e. The molecular formula is C16H22ClNO. The molecule has 1 aliphatic heterocycles. The van der Waals surface area contributed by atoms with Crippen LogP contribution in [-0.2, 0) is 12.8 Å². The Kier molecular flexibility index (Phi) is 3.26. The molecule has 0 saturated heterocycles. The second-order valence-electron chi connectivity index (χ2n) is 6.55. The Morgan fingerprint density at radius 1 is 1.37 bits per heavy atom. The first-order valence-corrected chi connectivity index (χ1v) is 7.54. The number of benzene rings is 1. The minimum absolute atomic E-state index is 0.328. The molecule has 1 unspecified atom stereocenters. The van der Waals surface area contributed by atoms with E-state index in [0.29, 0.717) is 11.5 Å². The van der Waals surface area contributed by atoms with Crippen molar-refractivity contribution in [3.63, 3.8) is 0 Å². The van der Waals surface area contributed by atoms with Crippen molar-refractivity contribution in [1.82, 2.24) is 5.32 Å². The molecule has 2 nitrogen and oxygen atoms in total. The van der Waals surface area contributed by atoms with E-state index in [9.17, 15) is 0 Å². The second-order valence-corrected chi connectivity index (χ2v) is 6.95. The highest BCUT2D eigenvalue weighted by atomic mass is 35.5. The smallest absolute Gasteiger partial charge is 0.126 e. The van der Waals surface area contributed by atoms with E-state index >= 15 is 0 Å². The zero-order chi connectivity index (χ0) is 13.6. The van der Waals surface area contributed by atoms with E-state index < -0.39 is 0 Å². The maximum absolute atomic E-state index is 6.57. The van der Waals surface area contributed by atoms with Crippen LogP contribution >= 0.6 is 11.6 Å². The van der Waals surface area contributed by atoms with Gasteiger partial charge in [-0.3, -0.25) is 0 Å². The van der Waals surface area contributed by atoms with Crippen LogP contribution in [0.4, 0.5) is 0 Å². The fraction of sp³-hybridized carbons (Fsp3) is 0.625. The molecule has 0 fully saturated rings. The van der Waals surface area contributed by atoms with Crippen molar-refractivity contribution in [2.24, 2.45) is 5.41 Å². The summed E-state index contributed by atoms with van der Waals surface area (Å²) in [6.07, 6.45) is 4.38. The predicted molar refractivity (Wildman–Crippen MR) is 79.2 cm³/mol. The van der Waals surface area contributed by atoms with Crippen LogP contribution in [0.2, 0.25) is 5.02 Å². The van der Waals surface area contributed by atoms with Gasteiger partial charge in [0.1, 0.15) is 5.75 Å². The molecule has 19 heavy (non-hydrogen) atoms. The predicted octanol–water partition coefficient (Wildman–Crippen LogP) is 3.90. The number of nitrogens with one attached hydrogen (secondary N) is 1. The van der Waals surface area contributed by atoms with Gasteiger partial charge in [-0.25, -0.2) is 0 Å². The van der Waals surface area contributed by atoms with Gasteiger partial charge in [0, 0.05) is 23.0 Å². The molecule has 2 aliphatic rings. The van der Waals surface area contributed by atoms with Crippen LogP contribution in [0, 0.1) is 5.41 Å². The first-order chi connectivity index (χ1) is 9.02. The lowest BCUT2D eigenvalue weighted by Crippen LogP contribution is -2.23. The summed E-state index contributed by atoms with van der Waals surface area (Å²) in [7, 11) is 2.03. The lowest BCUT2D eigenvalue weighted by Gasteiger charge is -2.27. The van der Waals surface area contributed by atoms with Crippen molar-refractivity contribution in [2.75, 3.05) is 13.7 Å². The van der Waals surface area contributed by atoms with Crippen LogP contribution in [0.3, 0.4) is 0 Å². The lowest BCUT2D eigenvalue weighted by atomic mass is 9.83. The summed E-state index contributed by atoms with van der Waals surface area (Å²) >= 11 is 6.57. The highest BCUT2D eigenvalue weighted by molar-refractivity contribution is 6.31. The topological polar surface area (TPSA) is 21.3 Å². The summed E-state index contributed by atoms with van der Waals surface area (Å²) in [6.45, 7) is 5.49. The van der Waals surface area contributed by atoms with E-state index in [1.165, 1.54) is 23.1 Å². The van der Waals surface area contributed by atoms with Crippen LogP contribution in [0.5, 0.6) is 5.75 Å². The Bertz CT molecular complexity index is 510. The number of hydrogen-bond acceptors (Lipinski definition) is 2. The SMILES string of the molecule is CNC1CC(C)(C)CCc2c3c(cc(Cl)c21)CCO3. The van der Waals surface area contributed by atoms with Crippen molar-refractivity contribution in [2.45, 2.75) is 45.6 Å². The number of rotatable bonds is 1. The monoisotopic (exact) mass is 279 g/mol. The average molecular weight is 280 g/mol. The van der Waals surface area contributed by atoms with Crippen LogP contribution < -0.4 is 10.1 Å². The van der Waals surface area contributed by atoms with E-state index in [1.807, 2.05) is 7.05 Å². The van der Waals surface area contributed by atoms with Gasteiger partial charge in [-0.2, -0.15) is 0 Å². The van der Waals surface area contributed by atoms with Gasteiger partial charge in [-0.1, -0.05) is 25.4 Å². The molecule has 3 rings (SSSR count). The zero-order valence-electron chi connectivity index (χ0n) is 12.0. The van der Waals surface area contributed by atoms with Crippen molar-refractivity contribution >= 4 is 11.6 Å². The first kappa shape index (κ1) is 13.3. The van der Waals surface area contributed by atoms with Gasteiger partial charge >= 0.3 is 0 Å². The summed E-state index contributed by atoms with van der Waals surface area (Å²) in [4.78, 5) is 0. The number of halogens is 1. The Morgan fingerprint density at radius 2 is 2.16 bits per heavy atom. The molecule has 1 N–H and O–H groups in total. The fourth-order valence-corrected chi connectivity index (χ4v) is 3.85. The van der Waals surface area contributed by atoms with E-state index in [-0.39, 0.29) is 0 Å². The van der Waals surface area contributed by atoms with E-state index in [4.69, 9.17) is 16.3 Å². The van der Waals surface area contributed by atoms with Gasteiger partial charge in [-0.05, 0) is 48.9 Å². The molecule has 0 amide bonds. The maximum atomic E-state index is 6.57. The zero-order valence-corrected chi connectivity index (χ0v) is 12.7. The molecule has 104 valence electrons. The van der Waals surface area contributed by atoms with Gasteiger partial charge in [0.25, 0.3) is 0 Å². The van der Waals surface area contributed by atoms with Crippen molar-refractivity contribution in [3.05, 3.63) is 27.8 Å². The van der Waals surface area contributed by atoms with Gasteiger partial charge in [0.2, 0.25) is 0 Å². The standard InChI is InChI=1S/C16H22ClNO/c1-16(2)6-4-11-14(13(9-16)18-3)12(17)8-10-5-7-19-15(10)11/h8,13,18H,4-7,9H2,1-3H3. The second kappa shape index (κ2) is 4.68. The Labute approximate surface area is 120 Å². The van der Waals surface area contributed by atoms with E-state index in [0.717, 1.165) is 36.6 Å². The van der Waals surface area contributed by atoms with Crippen LogP contribution in [0.25, 0.3) is 0 Å².